The quantitative estimate of drug-likeness (QED) is 0.836. The summed E-state index contributed by atoms with van der Waals surface area (Å²) >= 11 is 5.98. The van der Waals surface area contributed by atoms with Crippen LogP contribution < -0.4 is 9.64 Å². The van der Waals surface area contributed by atoms with E-state index in [-0.39, 0.29) is 11.9 Å². The summed E-state index contributed by atoms with van der Waals surface area (Å²) in [5.41, 5.74) is 0. The third-order valence-electron chi connectivity index (χ3n) is 4.22. The molecule has 0 bridgehead atoms. The molecule has 132 valence electrons. The number of amides is 1. The van der Waals surface area contributed by atoms with E-state index in [1.54, 1.807) is 12.1 Å². The molecule has 6 nitrogen and oxygen atoms in total. The van der Waals surface area contributed by atoms with Gasteiger partial charge < -0.3 is 14.5 Å². The number of nitrogens with zero attached hydrogens (tertiary/aromatic N) is 4. The molecule has 1 aliphatic heterocycles. The molecule has 2 heterocycles. The number of halogens is 1. The second-order valence-corrected chi connectivity index (χ2v) is 6.45. The average Bonchev–Trinajstić information content (AvgIpc) is 2.61. The zero-order valence-electron chi connectivity index (χ0n) is 14.4. The molecule has 1 amide bonds. The van der Waals surface area contributed by atoms with Crippen LogP contribution in [0.4, 0.5) is 5.82 Å². The highest BCUT2D eigenvalue weighted by Gasteiger charge is 2.27. The van der Waals surface area contributed by atoms with Crippen LogP contribution in [-0.4, -0.2) is 46.5 Å². The zero-order valence-corrected chi connectivity index (χ0v) is 15.1. The topological polar surface area (TPSA) is 58.6 Å². The Kier molecular flexibility index (Phi) is 5.38. The lowest BCUT2D eigenvalue weighted by atomic mass is 10.1. The maximum absolute atomic E-state index is 12.0. The third-order valence-corrected chi connectivity index (χ3v) is 4.46. The van der Waals surface area contributed by atoms with Crippen molar-refractivity contribution in [1.82, 2.24) is 14.9 Å². The van der Waals surface area contributed by atoms with Gasteiger partial charge in [-0.3, -0.25) is 4.79 Å². The van der Waals surface area contributed by atoms with Crippen molar-refractivity contribution in [2.24, 2.45) is 0 Å². The molecule has 0 radical (unpaired) electrons. The van der Waals surface area contributed by atoms with E-state index in [2.05, 4.69) is 21.8 Å². The Morgan fingerprint density at radius 3 is 2.88 bits per heavy atom. The largest absolute Gasteiger partial charge is 0.439 e. The number of hydrogen-bond donors (Lipinski definition) is 0. The summed E-state index contributed by atoms with van der Waals surface area (Å²) in [6.45, 7) is 6.13. The Hall–Kier alpha value is -2.34. The highest BCUT2D eigenvalue weighted by atomic mass is 35.5. The zero-order chi connectivity index (χ0) is 17.8. The van der Waals surface area contributed by atoms with E-state index in [0.717, 1.165) is 18.9 Å². The van der Waals surface area contributed by atoms with Gasteiger partial charge in [-0.1, -0.05) is 24.6 Å². The van der Waals surface area contributed by atoms with Gasteiger partial charge in [-0.2, -0.15) is 0 Å². The SMILES string of the molecule is CCC(=O)N1CCN(c2cc(Oc3cccc(Cl)c3)ncn2)CC1C. The Balaban J connectivity index is 1.71. The van der Waals surface area contributed by atoms with Crippen molar-refractivity contribution in [3.05, 3.63) is 41.7 Å². The number of benzene rings is 1. The van der Waals surface area contributed by atoms with E-state index in [0.29, 0.717) is 29.6 Å². The van der Waals surface area contributed by atoms with Gasteiger partial charge in [0.05, 0.1) is 0 Å². The van der Waals surface area contributed by atoms with Crippen LogP contribution in [0.15, 0.2) is 36.7 Å². The Labute approximate surface area is 152 Å². The molecule has 1 fully saturated rings. The predicted octanol–water partition coefficient (Wildman–Crippen LogP) is 3.37. The Morgan fingerprint density at radius 2 is 2.16 bits per heavy atom. The lowest BCUT2D eigenvalue weighted by molar-refractivity contribution is -0.133. The molecule has 0 aliphatic carbocycles. The van der Waals surface area contributed by atoms with Crippen LogP contribution in [0.5, 0.6) is 11.6 Å². The molecule has 0 N–H and O–H groups in total. The maximum Gasteiger partial charge on any atom is 0.224 e. The van der Waals surface area contributed by atoms with E-state index in [9.17, 15) is 4.79 Å². The first-order chi connectivity index (χ1) is 12.1. The fraction of sp³-hybridized carbons (Fsp3) is 0.389. The second kappa shape index (κ2) is 7.70. The molecule has 3 rings (SSSR count). The van der Waals surface area contributed by atoms with Crippen molar-refractivity contribution < 1.29 is 9.53 Å². The average molecular weight is 361 g/mol. The fourth-order valence-corrected chi connectivity index (χ4v) is 3.13. The lowest BCUT2D eigenvalue weighted by Crippen LogP contribution is -2.54. The molecular weight excluding hydrogens is 340 g/mol. The van der Waals surface area contributed by atoms with Crippen LogP contribution in [0, 0.1) is 0 Å². The van der Waals surface area contributed by atoms with Crippen molar-refractivity contribution in [3.8, 4) is 11.6 Å². The van der Waals surface area contributed by atoms with Crippen molar-refractivity contribution in [2.75, 3.05) is 24.5 Å². The van der Waals surface area contributed by atoms with Gasteiger partial charge in [-0.05, 0) is 25.1 Å². The van der Waals surface area contributed by atoms with Crippen molar-refractivity contribution in [2.45, 2.75) is 26.3 Å². The fourth-order valence-electron chi connectivity index (χ4n) is 2.95. The molecule has 25 heavy (non-hydrogen) atoms. The van der Waals surface area contributed by atoms with Crippen molar-refractivity contribution in [3.63, 3.8) is 0 Å². The summed E-state index contributed by atoms with van der Waals surface area (Å²) in [4.78, 5) is 24.6. The van der Waals surface area contributed by atoms with Gasteiger partial charge in [0.2, 0.25) is 11.8 Å². The molecule has 1 aromatic heterocycles. The molecule has 1 unspecified atom stereocenters. The first-order valence-corrected chi connectivity index (χ1v) is 8.74. The Morgan fingerprint density at radius 1 is 1.32 bits per heavy atom. The summed E-state index contributed by atoms with van der Waals surface area (Å²) < 4.78 is 5.77. The van der Waals surface area contributed by atoms with Gasteiger partial charge in [0.25, 0.3) is 0 Å². The van der Waals surface area contributed by atoms with Crippen molar-refractivity contribution in [1.29, 1.82) is 0 Å². The lowest BCUT2D eigenvalue weighted by Gasteiger charge is -2.40. The summed E-state index contributed by atoms with van der Waals surface area (Å²) in [5, 5.41) is 0.609. The molecule has 1 aromatic carbocycles. The highest BCUT2D eigenvalue weighted by Crippen LogP contribution is 2.25. The molecule has 7 heteroatoms. The number of carbonyl (C=O) groups excluding carboxylic acids is 1. The summed E-state index contributed by atoms with van der Waals surface area (Å²) in [6, 6.07) is 9.13. The third kappa shape index (κ3) is 4.20. The molecule has 0 spiro atoms. The number of piperazine rings is 1. The first kappa shape index (κ1) is 17.5. The minimum Gasteiger partial charge on any atom is -0.439 e. The number of hydrogen-bond acceptors (Lipinski definition) is 5. The molecule has 1 aliphatic rings. The normalized spacial score (nSPS) is 17.5. The van der Waals surface area contributed by atoms with Gasteiger partial charge >= 0.3 is 0 Å². The number of ether oxygens (including phenoxy) is 1. The van der Waals surface area contributed by atoms with Crippen LogP contribution >= 0.6 is 11.6 Å². The van der Waals surface area contributed by atoms with E-state index in [1.165, 1.54) is 6.33 Å². The molecule has 1 saturated heterocycles. The minimum atomic E-state index is 0.147. The molecule has 0 saturated carbocycles. The first-order valence-electron chi connectivity index (χ1n) is 8.36. The predicted molar refractivity (Wildman–Crippen MR) is 97.2 cm³/mol. The number of anilines is 1. The van der Waals surface area contributed by atoms with Crippen molar-refractivity contribution >= 4 is 23.3 Å². The van der Waals surface area contributed by atoms with E-state index in [4.69, 9.17) is 16.3 Å². The van der Waals surface area contributed by atoms with E-state index in [1.807, 2.05) is 30.0 Å². The van der Waals surface area contributed by atoms with Crippen LogP contribution in [-0.2, 0) is 4.79 Å². The molecular formula is C18H21ClN4O2. The van der Waals surface area contributed by atoms with Crippen LogP contribution in [0.3, 0.4) is 0 Å². The number of carbonyl (C=O) groups is 1. The molecule has 1 atom stereocenters. The summed E-state index contributed by atoms with van der Waals surface area (Å²) in [6.07, 6.45) is 2.03. The smallest absolute Gasteiger partial charge is 0.224 e. The van der Waals surface area contributed by atoms with Crippen LogP contribution in [0.1, 0.15) is 20.3 Å². The van der Waals surface area contributed by atoms with E-state index < -0.39 is 0 Å². The van der Waals surface area contributed by atoms with Gasteiger partial charge in [-0.15, -0.1) is 0 Å². The van der Waals surface area contributed by atoms with Crippen LogP contribution in [0.2, 0.25) is 5.02 Å². The summed E-state index contributed by atoms with van der Waals surface area (Å²) in [5.74, 6) is 2.08. The minimum absolute atomic E-state index is 0.147. The van der Waals surface area contributed by atoms with Gasteiger partial charge in [0, 0.05) is 43.2 Å². The standard InChI is InChI=1S/C18H21ClN4O2/c1-3-18(24)23-8-7-22(11-13(23)2)16-10-17(21-12-20-16)25-15-6-4-5-14(19)9-15/h4-6,9-10,12-13H,3,7-8,11H2,1-2H3. The van der Waals surface area contributed by atoms with E-state index >= 15 is 0 Å². The molecule has 2 aromatic rings. The van der Waals surface area contributed by atoms with Gasteiger partial charge in [0.15, 0.2) is 0 Å². The summed E-state index contributed by atoms with van der Waals surface area (Å²) in [7, 11) is 0. The highest BCUT2D eigenvalue weighted by molar-refractivity contribution is 6.30. The number of aromatic nitrogens is 2. The number of rotatable bonds is 4. The Bertz CT molecular complexity index is 755. The van der Waals surface area contributed by atoms with Gasteiger partial charge in [-0.25, -0.2) is 9.97 Å². The second-order valence-electron chi connectivity index (χ2n) is 6.01. The maximum atomic E-state index is 12.0. The van der Waals surface area contributed by atoms with Crippen LogP contribution in [0.25, 0.3) is 0 Å². The monoisotopic (exact) mass is 360 g/mol. The van der Waals surface area contributed by atoms with Gasteiger partial charge in [0.1, 0.15) is 17.9 Å².